The molecular formula is C25H26BrNO2S2. The van der Waals surface area contributed by atoms with E-state index < -0.39 is 0 Å². The number of hydrogen-bond acceptors (Lipinski definition) is 4. The summed E-state index contributed by atoms with van der Waals surface area (Å²) < 4.78 is 1.98. The van der Waals surface area contributed by atoms with Crippen molar-refractivity contribution in [2.24, 2.45) is 0 Å². The van der Waals surface area contributed by atoms with E-state index in [4.69, 9.17) is 0 Å². The number of phenols is 1. The highest BCUT2D eigenvalue weighted by molar-refractivity contribution is 9.10. The van der Waals surface area contributed by atoms with E-state index in [2.05, 4.69) is 35.1 Å². The maximum Gasteiger partial charge on any atom is 0.253 e. The van der Waals surface area contributed by atoms with Crippen molar-refractivity contribution < 1.29 is 9.90 Å². The van der Waals surface area contributed by atoms with Crippen LogP contribution in [-0.4, -0.2) is 22.5 Å². The Balaban J connectivity index is 2.15. The van der Waals surface area contributed by atoms with Gasteiger partial charge in [0.25, 0.3) is 5.91 Å². The van der Waals surface area contributed by atoms with Gasteiger partial charge in [0.15, 0.2) is 0 Å². The van der Waals surface area contributed by atoms with Crippen molar-refractivity contribution in [2.75, 3.05) is 16.8 Å². The highest BCUT2D eigenvalue weighted by Gasteiger charge is 2.27. The third-order valence-corrected chi connectivity index (χ3v) is 7.66. The molecule has 0 radical (unpaired) electrons. The summed E-state index contributed by atoms with van der Waals surface area (Å²) in [5, 5.41) is 15.9. The Morgan fingerprint density at radius 1 is 1.03 bits per heavy atom. The monoisotopic (exact) mass is 515 g/mol. The van der Waals surface area contributed by atoms with E-state index in [0.717, 1.165) is 42.2 Å². The van der Waals surface area contributed by atoms with Gasteiger partial charge in [0.05, 0.1) is 0 Å². The molecule has 162 valence electrons. The standard InChI is InChI=1S/C25H26BrNO2S2/c1-4-30-25(31-5-2)23(24(29)27-19-9-7-6-8-10-19)16(3)22-20-13-12-18(26)15-17(20)11-14-21(22)28/h6-16,28H,4-5H2,1-3H3,(H,27,29). The molecule has 0 heterocycles. The van der Waals surface area contributed by atoms with Crippen LogP contribution in [0.2, 0.25) is 0 Å². The molecule has 0 saturated carbocycles. The molecule has 0 aliphatic carbocycles. The maximum absolute atomic E-state index is 13.5. The van der Waals surface area contributed by atoms with Crippen LogP contribution in [0.3, 0.4) is 0 Å². The summed E-state index contributed by atoms with van der Waals surface area (Å²) in [6.45, 7) is 6.18. The minimum Gasteiger partial charge on any atom is -0.508 e. The SMILES string of the molecule is CCSC(SCC)=C(C(=O)Nc1ccccc1)C(C)c1c(O)ccc2cc(Br)ccc12. The number of anilines is 1. The number of benzene rings is 3. The van der Waals surface area contributed by atoms with Crippen LogP contribution < -0.4 is 5.32 Å². The molecule has 0 spiro atoms. The highest BCUT2D eigenvalue weighted by Crippen LogP contribution is 2.43. The molecular weight excluding hydrogens is 490 g/mol. The molecule has 0 fully saturated rings. The van der Waals surface area contributed by atoms with Crippen LogP contribution in [-0.2, 0) is 4.79 Å². The molecule has 0 saturated heterocycles. The third-order valence-electron chi connectivity index (χ3n) is 4.91. The molecule has 6 heteroatoms. The van der Waals surface area contributed by atoms with E-state index in [1.54, 1.807) is 29.6 Å². The summed E-state index contributed by atoms with van der Waals surface area (Å²) in [5.74, 6) is 1.51. The first-order chi connectivity index (χ1) is 15.0. The second-order valence-electron chi connectivity index (χ2n) is 6.97. The Labute approximate surface area is 200 Å². The lowest BCUT2D eigenvalue weighted by molar-refractivity contribution is -0.113. The first-order valence-electron chi connectivity index (χ1n) is 10.2. The van der Waals surface area contributed by atoms with Crippen molar-refractivity contribution in [3.63, 3.8) is 0 Å². The lowest BCUT2D eigenvalue weighted by Crippen LogP contribution is -2.20. The Morgan fingerprint density at radius 3 is 2.35 bits per heavy atom. The van der Waals surface area contributed by atoms with E-state index in [9.17, 15) is 9.90 Å². The zero-order chi connectivity index (χ0) is 22.4. The molecule has 3 aromatic carbocycles. The number of para-hydroxylation sites is 1. The molecule has 1 unspecified atom stereocenters. The fourth-order valence-corrected chi connectivity index (χ4v) is 6.35. The van der Waals surface area contributed by atoms with Crippen LogP contribution in [0.1, 0.15) is 32.3 Å². The summed E-state index contributed by atoms with van der Waals surface area (Å²) >= 11 is 6.88. The van der Waals surface area contributed by atoms with Crippen LogP contribution >= 0.6 is 39.5 Å². The Morgan fingerprint density at radius 2 is 1.71 bits per heavy atom. The number of nitrogens with one attached hydrogen (secondary N) is 1. The van der Waals surface area contributed by atoms with Gasteiger partial charge in [-0.15, -0.1) is 23.5 Å². The Bertz CT molecular complexity index is 1090. The van der Waals surface area contributed by atoms with Gasteiger partial charge in [-0.3, -0.25) is 4.79 Å². The first-order valence-corrected chi connectivity index (χ1v) is 13.0. The molecule has 3 nitrogen and oxygen atoms in total. The normalized spacial score (nSPS) is 11.9. The highest BCUT2D eigenvalue weighted by atomic mass is 79.9. The second kappa shape index (κ2) is 11.1. The van der Waals surface area contributed by atoms with Gasteiger partial charge in [-0.2, -0.15) is 0 Å². The minimum absolute atomic E-state index is 0.135. The molecule has 0 aromatic heterocycles. The van der Waals surface area contributed by atoms with Gasteiger partial charge < -0.3 is 10.4 Å². The number of halogens is 1. The summed E-state index contributed by atoms with van der Waals surface area (Å²) in [6.07, 6.45) is 0. The van der Waals surface area contributed by atoms with E-state index in [1.165, 1.54) is 0 Å². The van der Waals surface area contributed by atoms with Crippen molar-refractivity contribution in [2.45, 2.75) is 26.7 Å². The lowest BCUT2D eigenvalue weighted by atomic mass is 9.88. The zero-order valence-corrected chi connectivity index (χ0v) is 21.0. The number of carbonyl (C=O) groups is 1. The maximum atomic E-state index is 13.5. The van der Waals surface area contributed by atoms with Gasteiger partial charge in [0.2, 0.25) is 0 Å². The number of fused-ring (bicyclic) bond motifs is 1. The van der Waals surface area contributed by atoms with Gasteiger partial charge in [-0.05, 0) is 52.6 Å². The van der Waals surface area contributed by atoms with Crippen LogP contribution in [0, 0.1) is 0 Å². The summed E-state index contributed by atoms with van der Waals surface area (Å²) in [4.78, 5) is 13.5. The van der Waals surface area contributed by atoms with Crippen molar-refractivity contribution in [3.8, 4) is 5.75 Å². The number of amides is 1. The predicted molar refractivity (Wildman–Crippen MR) is 140 cm³/mol. The lowest BCUT2D eigenvalue weighted by Gasteiger charge is -2.22. The smallest absolute Gasteiger partial charge is 0.253 e. The Kier molecular flexibility index (Phi) is 8.52. The van der Waals surface area contributed by atoms with E-state index in [0.29, 0.717) is 5.57 Å². The van der Waals surface area contributed by atoms with E-state index >= 15 is 0 Å². The summed E-state index contributed by atoms with van der Waals surface area (Å²) in [6, 6.07) is 19.1. The quantitative estimate of drug-likeness (QED) is 0.300. The molecule has 3 rings (SSSR count). The molecule has 1 atom stereocenters. The van der Waals surface area contributed by atoms with Crippen LogP contribution in [0.5, 0.6) is 5.75 Å². The largest absolute Gasteiger partial charge is 0.508 e. The molecule has 3 aromatic rings. The fraction of sp³-hybridized carbons (Fsp3) is 0.240. The van der Waals surface area contributed by atoms with Crippen LogP contribution in [0.15, 0.2) is 74.9 Å². The van der Waals surface area contributed by atoms with Crippen molar-refractivity contribution in [1.82, 2.24) is 0 Å². The van der Waals surface area contributed by atoms with E-state index in [1.807, 2.05) is 61.5 Å². The van der Waals surface area contributed by atoms with Crippen LogP contribution in [0.25, 0.3) is 10.8 Å². The number of thioether (sulfide) groups is 2. The average Bonchev–Trinajstić information content (AvgIpc) is 2.75. The summed E-state index contributed by atoms with van der Waals surface area (Å²) in [5.41, 5.74) is 2.22. The van der Waals surface area contributed by atoms with Crippen LogP contribution in [0.4, 0.5) is 5.69 Å². The second-order valence-corrected chi connectivity index (χ2v) is 10.7. The third kappa shape index (κ3) is 5.68. The van der Waals surface area contributed by atoms with Gasteiger partial charge in [-0.1, -0.05) is 67.0 Å². The molecule has 1 amide bonds. The van der Waals surface area contributed by atoms with Crippen molar-refractivity contribution in [1.29, 1.82) is 0 Å². The van der Waals surface area contributed by atoms with Crippen molar-refractivity contribution in [3.05, 3.63) is 80.5 Å². The molecule has 0 bridgehead atoms. The minimum atomic E-state index is -0.290. The summed E-state index contributed by atoms with van der Waals surface area (Å²) in [7, 11) is 0. The van der Waals surface area contributed by atoms with Gasteiger partial charge in [-0.25, -0.2) is 0 Å². The average molecular weight is 517 g/mol. The number of rotatable bonds is 8. The number of phenolic OH excluding ortho intramolecular Hbond substituents is 1. The molecule has 31 heavy (non-hydrogen) atoms. The molecule has 2 N–H and O–H groups in total. The van der Waals surface area contributed by atoms with E-state index in [-0.39, 0.29) is 17.6 Å². The van der Waals surface area contributed by atoms with Gasteiger partial charge in [0.1, 0.15) is 5.75 Å². The number of aromatic hydroxyl groups is 1. The topological polar surface area (TPSA) is 49.3 Å². The fourth-order valence-electron chi connectivity index (χ4n) is 3.56. The van der Waals surface area contributed by atoms with Gasteiger partial charge in [0, 0.05) is 31.5 Å². The van der Waals surface area contributed by atoms with Gasteiger partial charge >= 0.3 is 0 Å². The Hall–Kier alpha value is -1.89. The number of carbonyl (C=O) groups excluding carboxylic acids is 1. The molecule has 0 aliphatic heterocycles. The number of hydrogen-bond donors (Lipinski definition) is 2. The first kappa shape index (κ1) is 23.8. The predicted octanol–water partition coefficient (Wildman–Crippen LogP) is 7.77. The zero-order valence-electron chi connectivity index (χ0n) is 17.8. The molecule has 0 aliphatic rings. The van der Waals surface area contributed by atoms with Crippen molar-refractivity contribution >= 4 is 61.8 Å².